The van der Waals surface area contributed by atoms with Crippen LogP contribution in [0.5, 0.6) is 11.5 Å². The van der Waals surface area contributed by atoms with Gasteiger partial charge in [-0.2, -0.15) is 4.31 Å². The number of aliphatic hydroxyl groups is 1. The van der Waals surface area contributed by atoms with E-state index < -0.39 is 39.8 Å². The molecule has 1 aliphatic rings. The minimum Gasteiger partial charge on any atom is -0.508 e. The zero-order valence-electron chi connectivity index (χ0n) is 20.4. The number of rotatable bonds is 11. The summed E-state index contributed by atoms with van der Waals surface area (Å²) in [4.78, 5) is 12.3. The molecule has 0 saturated carbocycles. The zero-order chi connectivity index (χ0) is 26.3. The average Bonchev–Trinajstić information content (AvgIpc) is 3.30. The van der Waals surface area contributed by atoms with E-state index in [0.29, 0.717) is 19.6 Å². The topological polar surface area (TPSA) is 146 Å². The molecule has 3 rings (SSSR count). The summed E-state index contributed by atoms with van der Waals surface area (Å²) in [6.45, 7) is 4.20. The van der Waals surface area contributed by atoms with Crippen LogP contribution in [0.25, 0.3) is 0 Å². The van der Waals surface area contributed by atoms with Gasteiger partial charge in [0, 0.05) is 37.7 Å². The number of phenolic OH excluding ortho intramolecular Hbond substituents is 2. The summed E-state index contributed by atoms with van der Waals surface area (Å²) < 4.78 is 38.5. The van der Waals surface area contributed by atoms with Crippen LogP contribution in [0.15, 0.2) is 53.4 Å². The minimum absolute atomic E-state index is 0.0672. The number of carbonyl (C=O) groups excluding carboxylic acids is 1. The summed E-state index contributed by atoms with van der Waals surface area (Å²) in [6, 6.07) is 11.4. The maximum absolute atomic E-state index is 13.4. The molecule has 0 aromatic heterocycles. The van der Waals surface area contributed by atoms with Gasteiger partial charge in [-0.3, -0.25) is 0 Å². The fourth-order valence-electron chi connectivity index (χ4n) is 3.97. The first-order chi connectivity index (χ1) is 17.0. The van der Waals surface area contributed by atoms with Gasteiger partial charge < -0.3 is 30.1 Å². The van der Waals surface area contributed by atoms with Crippen molar-refractivity contribution < 1.29 is 38.0 Å². The quantitative estimate of drug-likeness (QED) is 0.352. The third kappa shape index (κ3) is 7.82. The number of sulfonamides is 1. The molecule has 0 spiro atoms. The number of phenols is 2. The smallest absolute Gasteiger partial charge is 0.407 e. The van der Waals surface area contributed by atoms with Crippen LogP contribution in [-0.2, 0) is 25.9 Å². The highest BCUT2D eigenvalue weighted by Gasteiger charge is 2.32. The number of amides is 1. The Kier molecular flexibility index (Phi) is 9.55. The molecule has 0 bridgehead atoms. The number of aromatic hydroxyl groups is 2. The molecule has 1 saturated heterocycles. The summed E-state index contributed by atoms with van der Waals surface area (Å²) in [5.74, 6) is -0.896. The third-order valence-electron chi connectivity index (χ3n) is 5.70. The minimum atomic E-state index is -4.20. The van der Waals surface area contributed by atoms with Crippen LogP contribution in [0.4, 0.5) is 4.79 Å². The van der Waals surface area contributed by atoms with Gasteiger partial charge in [0.05, 0.1) is 30.3 Å². The lowest BCUT2D eigenvalue weighted by Gasteiger charge is -2.30. The molecular weight excluding hydrogens is 488 g/mol. The van der Waals surface area contributed by atoms with E-state index >= 15 is 0 Å². The third-order valence-corrected chi connectivity index (χ3v) is 7.51. The van der Waals surface area contributed by atoms with Crippen molar-refractivity contribution in [1.82, 2.24) is 9.62 Å². The van der Waals surface area contributed by atoms with E-state index in [1.54, 1.807) is 0 Å². The Balaban J connectivity index is 1.83. The fraction of sp³-hybridized carbons (Fsp3) is 0.480. The Labute approximate surface area is 211 Å². The molecule has 10 nitrogen and oxygen atoms in total. The van der Waals surface area contributed by atoms with E-state index in [4.69, 9.17) is 9.47 Å². The van der Waals surface area contributed by atoms with E-state index in [0.717, 1.165) is 28.1 Å². The van der Waals surface area contributed by atoms with Crippen molar-refractivity contribution in [1.29, 1.82) is 0 Å². The number of ether oxygens (including phenoxy) is 2. The summed E-state index contributed by atoms with van der Waals surface area (Å²) in [5, 5.41) is 33.5. The van der Waals surface area contributed by atoms with E-state index in [9.17, 15) is 28.5 Å². The number of carbonyl (C=O) groups is 1. The molecule has 1 fully saturated rings. The zero-order valence-corrected chi connectivity index (χ0v) is 21.2. The van der Waals surface area contributed by atoms with Crippen LogP contribution in [0.2, 0.25) is 0 Å². The monoisotopic (exact) mass is 522 g/mol. The van der Waals surface area contributed by atoms with E-state index in [1.165, 1.54) is 0 Å². The maximum Gasteiger partial charge on any atom is 0.407 e. The van der Waals surface area contributed by atoms with Gasteiger partial charge >= 0.3 is 6.09 Å². The van der Waals surface area contributed by atoms with Gasteiger partial charge in [-0.15, -0.1) is 0 Å². The molecule has 2 aromatic carbocycles. The fourth-order valence-corrected chi connectivity index (χ4v) is 5.65. The van der Waals surface area contributed by atoms with Crippen molar-refractivity contribution in [3.8, 4) is 11.5 Å². The molecule has 3 atom stereocenters. The summed E-state index contributed by atoms with van der Waals surface area (Å²) in [7, 11) is -4.20. The molecule has 11 heteroatoms. The van der Waals surface area contributed by atoms with Crippen LogP contribution in [0.1, 0.15) is 25.8 Å². The normalized spacial score (nSPS) is 17.8. The second kappa shape index (κ2) is 12.4. The van der Waals surface area contributed by atoms with Gasteiger partial charge in [0.25, 0.3) is 0 Å². The molecule has 36 heavy (non-hydrogen) atoms. The number of aliphatic hydroxyl groups excluding tert-OH is 1. The second-order valence-electron chi connectivity index (χ2n) is 9.30. The molecule has 0 aliphatic carbocycles. The SMILES string of the molecule is CC(C)CN(C[C@H](O)[C@@H](Cc1ccccc1)NC(=O)O[C@H]1CCOC1)S(=O)(=O)c1cc(O)cc(O)c1. The highest BCUT2D eigenvalue weighted by molar-refractivity contribution is 7.89. The van der Waals surface area contributed by atoms with E-state index in [-0.39, 0.29) is 36.4 Å². The van der Waals surface area contributed by atoms with Crippen LogP contribution in [0.3, 0.4) is 0 Å². The Morgan fingerprint density at radius 3 is 2.39 bits per heavy atom. The van der Waals surface area contributed by atoms with E-state index in [1.807, 2.05) is 44.2 Å². The van der Waals surface area contributed by atoms with Gasteiger partial charge in [0.1, 0.15) is 17.6 Å². The first-order valence-electron chi connectivity index (χ1n) is 11.8. The van der Waals surface area contributed by atoms with Gasteiger partial charge in [0.2, 0.25) is 10.0 Å². The van der Waals surface area contributed by atoms with Crippen molar-refractivity contribution in [2.45, 2.75) is 49.8 Å². The molecule has 1 aliphatic heterocycles. The summed E-state index contributed by atoms with van der Waals surface area (Å²) >= 11 is 0. The number of hydrogen-bond acceptors (Lipinski definition) is 8. The number of alkyl carbamates (subject to hydrolysis) is 1. The second-order valence-corrected chi connectivity index (χ2v) is 11.2. The number of hydrogen-bond donors (Lipinski definition) is 4. The number of benzene rings is 2. The van der Waals surface area contributed by atoms with Gasteiger partial charge in [0.15, 0.2) is 0 Å². The lowest BCUT2D eigenvalue weighted by molar-refractivity contribution is 0.0644. The standard InChI is InChI=1S/C25H34N2O8S/c1-17(2)14-27(36(32,33)22-12-19(28)11-20(29)13-22)15-24(30)23(10-18-6-4-3-5-7-18)26-25(31)35-21-8-9-34-16-21/h3-7,11-13,17,21,23-24,28-30H,8-10,14-16H2,1-2H3,(H,26,31)/t21-,23+,24-/m0/s1. The molecular formula is C25H34N2O8S. The first kappa shape index (κ1) is 27.7. The predicted octanol–water partition coefficient (Wildman–Crippen LogP) is 2.23. The summed E-state index contributed by atoms with van der Waals surface area (Å²) in [5.41, 5.74) is 0.835. The number of nitrogens with zero attached hydrogens (tertiary/aromatic N) is 1. The average molecular weight is 523 g/mol. The Bertz CT molecular complexity index is 1080. The number of nitrogens with one attached hydrogen (secondary N) is 1. The van der Waals surface area contributed by atoms with E-state index in [2.05, 4.69) is 5.32 Å². The Morgan fingerprint density at radius 1 is 1.14 bits per heavy atom. The van der Waals surface area contributed by atoms with Crippen LogP contribution in [-0.4, -0.2) is 78.7 Å². The van der Waals surface area contributed by atoms with Crippen molar-refractivity contribution in [2.24, 2.45) is 5.92 Å². The lowest BCUT2D eigenvalue weighted by Crippen LogP contribution is -2.51. The molecule has 1 amide bonds. The highest BCUT2D eigenvalue weighted by atomic mass is 32.2. The molecule has 198 valence electrons. The highest BCUT2D eigenvalue weighted by Crippen LogP contribution is 2.27. The first-order valence-corrected chi connectivity index (χ1v) is 13.3. The molecule has 4 N–H and O–H groups in total. The molecule has 0 radical (unpaired) electrons. The van der Waals surface area contributed by atoms with Gasteiger partial charge in [-0.05, 0) is 17.9 Å². The lowest BCUT2D eigenvalue weighted by atomic mass is 10.0. The Morgan fingerprint density at radius 2 is 1.81 bits per heavy atom. The van der Waals surface area contributed by atoms with Crippen LogP contribution < -0.4 is 5.32 Å². The molecule has 1 heterocycles. The van der Waals surface area contributed by atoms with Crippen molar-refractivity contribution >= 4 is 16.1 Å². The van der Waals surface area contributed by atoms with Gasteiger partial charge in [-0.1, -0.05) is 44.2 Å². The van der Waals surface area contributed by atoms with Crippen molar-refractivity contribution in [3.63, 3.8) is 0 Å². The molecule has 2 aromatic rings. The van der Waals surface area contributed by atoms with Gasteiger partial charge in [-0.25, -0.2) is 13.2 Å². The maximum atomic E-state index is 13.4. The largest absolute Gasteiger partial charge is 0.508 e. The Hall–Kier alpha value is -2.86. The predicted molar refractivity (Wildman–Crippen MR) is 132 cm³/mol. The molecule has 0 unspecified atom stereocenters. The van der Waals surface area contributed by atoms with Crippen LogP contribution >= 0.6 is 0 Å². The summed E-state index contributed by atoms with van der Waals surface area (Å²) in [6.07, 6.45) is -1.58. The van der Waals surface area contributed by atoms with Crippen LogP contribution in [0, 0.1) is 5.92 Å². The van der Waals surface area contributed by atoms with Crippen molar-refractivity contribution in [3.05, 3.63) is 54.1 Å². The van der Waals surface area contributed by atoms with Crippen molar-refractivity contribution in [2.75, 3.05) is 26.3 Å².